The second-order valence-electron chi connectivity index (χ2n) is 8.80. The second-order valence-corrected chi connectivity index (χ2v) is 10.7. The van der Waals surface area contributed by atoms with Gasteiger partial charge in [0.05, 0.1) is 22.6 Å². The molecule has 2 atom stereocenters. The van der Waals surface area contributed by atoms with E-state index in [1.54, 1.807) is 18.3 Å². The van der Waals surface area contributed by atoms with Gasteiger partial charge >= 0.3 is 0 Å². The minimum atomic E-state index is -3.71. The molecule has 0 spiro atoms. The van der Waals surface area contributed by atoms with E-state index in [-0.39, 0.29) is 17.5 Å². The van der Waals surface area contributed by atoms with Gasteiger partial charge in [-0.05, 0) is 67.3 Å². The minimum Gasteiger partial charge on any atom is -0.390 e. The highest BCUT2D eigenvalue weighted by Gasteiger charge is 2.34. The lowest BCUT2D eigenvalue weighted by atomic mass is 10.0. The molecule has 0 radical (unpaired) electrons. The molecule has 0 unspecified atom stereocenters. The van der Waals surface area contributed by atoms with Crippen molar-refractivity contribution in [2.45, 2.75) is 37.3 Å². The number of hydrogen-bond acceptors (Lipinski definition) is 6. The first-order chi connectivity index (χ1) is 16.3. The standard InChI is InChI=1S/C25H27N5O3S/c1-16-3-10-25(26-14-16)27-23-11-12-30(15-24(23)31)34(32,33)20-7-4-18(5-8-20)19-6-9-22-21(13-19)17(2)28-29-22/h3-10,13-14,23-24,31H,11-12,15H2,1-2H3,(H,26,27)(H,28,29)/t23-,24+/m1/s1. The van der Waals surface area contributed by atoms with E-state index in [0.29, 0.717) is 18.8 Å². The van der Waals surface area contributed by atoms with Gasteiger partial charge in [0.25, 0.3) is 0 Å². The van der Waals surface area contributed by atoms with E-state index in [1.165, 1.54) is 4.31 Å². The Labute approximate surface area is 198 Å². The highest BCUT2D eigenvalue weighted by atomic mass is 32.2. The van der Waals surface area contributed by atoms with Gasteiger partial charge < -0.3 is 10.4 Å². The molecule has 8 nitrogen and oxygen atoms in total. The summed E-state index contributed by atoms with van der Waals surface area (Å²) in [4.78, 5) is 4.53. The van der Waals surface area contributed by atoms with Crippen molar-refractivity contribution in [3.63, 3.8) is 0 Å². The van der Waals surface area contributed by atoms with Crippen molar-refractivity contribution >= 4 is 26.7 Å². The summed E-state index contributed by atoms with van der Waals surface area (Å²) < 4.78 is 27.8. The van der Waals surface area contributed by atoms with Gasteiger partial charge in [0, 0.05) is 30.4 Å². The average molecular weight is 478 g/mol. The Morgan fingerprint density at radius 2 is 1.82 bits per heavy atom. The number of H-pyrrole nitrogens is 1. The number of aliphatic hydroxyl groups excluding tert-OH is 1. The Morgan fingerprint density at radius 3 is 2.53 bits per heavy atom. The number of fused-ring (bicyclic) bond motifs is 1. The summed E-state index contributed by atoms with van der Waals surface area (Å²) >= 11 is 0. The number of aromatic amines is 1. The number of benzene rings is 2. The minimum absolute atomic E-state index is 0.0318. The lowest BCUT2D eigenvalue weighted by Gasteiger charge is -2.35. The fourth-order valence-corrected chi connectivity index (χ4v) is 5.79. The number of aliphatic hydroxyl groups is 1. The molecule has 176 valence electrons. The van der Waals surface area contributed by atoms with Crippen molar-refractivity contribution in [2.75, 3.05) is 18.4 Å². The van der Waals surface area contributed by atoms with Crippen LogP contribution in [0.2, 0.25) is 0 Å². The van der Waals surface area contributed by atoms with Crippen molar-refractivity contribution < 1.29 is 13.5 Å². The van der Waals surface area contributed by atoms with Gasteiger partial charge in [0.1, 0.15) is 5.82 Å². The fourth-order valence-electron chi connectivity index (χ4n) is 4.32. The Morgan fingerprint density at radius 1 is 1.06 bits per heavy atom. The first kappa shape index (κ1) is 22.5. The third kappa shape index (κ3) is 4.29. The lowest BCUT2D eigenvalue weighted by Crippen LogP contribution is -2.51. The number of pyridine rings is 1. The molecule has 1 aliphatic heterocycles. The molecule has 0 aliphatic carbocycles. The van der Waals surface area contributed by atoms with Crippen LogP contribution in [0.5, 0.6) is 0 Å². The van der Waals surface area contributed by atoms with E-state index in [9.17, 15) is 13.5 Å². The number of nitrogens with one attached hydrogen (secondary N) is 2. The topological polar surface area (TPSA) is 111 Å². The number of nitrogens with zero attached hydrogens (tertiary/aromatic N) is 3. The van der Waals surface area contributed by atoms with E-state index in [2.05, 4.69) is 26.6 Å². The van der Waals surface area contributed by atoms with Crippen LogP contribution >= 0.6 is 0 Å². The maximum absolute atomic E-state index is 13.2. The van der Waals surface area contributed by atoms with E-state index >= 15 is 0 Å². The van der Waals surface area contributed by atoms with E-state index in [4.69, 9.17) is 0 Å². The molecule has 5 rings (SSSR count). The number of rotatable bonds is 5. The number of sulfonamides is 1. The van der Waals surface area contributed by atoms with Crippen LogP contribution in [0.15, 0.2) is 65.7 Å². The quantitative estimate of drug-likeness (QED) is 0.406. The molecule has 0 saturated carbocycles. The molecular weight excluding hydrogens is 450 g/mol. The summed E-state index contributed by atoms with van der Waals surface area (Å²) in [5.74, 6) is 0.672. The number of hydrogen-bond donors (Lipinski definition) is 3. The van der Waals surface area contributed by atoms with Crippen LogP contribution in [0.1, 0.15) is 17.7 Å². The van der Waals surface area contributed by atoms with Crippen molar-refractivity contribution in [2.24, 2.45) is 0 Å². The first-order valence-corrected chi connectivity index (χ1v) is 12.7. The summed E-state index contributed by atoms with van der Waals surface area (Å²) in [6.45, 7) is 4.28. The third-order valence-corrected chi connectivity index (χ3v) is 8.24. The lowest BCUT2D eigenvalue weighted by molar-refractivity contribution is 0.0949. The van der Waals surface area contributed by atoms with Crippen LogP contribution < -0.4 is 5.32 Å². The summed E-state index contributed by atoms with van der Waals surface area (Å²) in [5.41, 5.74) is 4.86. The van der Waals surface area contributed by atoms with Gasteiger partial charge in [-0.2, -0.15) is 9.40 Å². The predicted octanol–water partition coefficient (Wildman–Crippen LogP) is 3.48. The molecule has 1 saturated heterocycles. The van der Waals surface area contributed by atoms with Crippen molar-refractivity contribution in [1.29, 1.82) is 0 Å². The smallest absolute Gasteiger partial charge is 0.243 e. The van der Waals surface area contributed by atoms with Crippen LogP contribution in [0.3, 0.4) is 0 Å². The zero-order valence-electron chi connectivity index (χ0n) is 19.1. The van der Waals surface area contributed by atoms with Gasteiger partial charge in [0.15, 0.2) is 0 Å². The van der Waals surface area contributed by atoms with Crippen molar-refractivity contribution in [1.82, 2.24) is 19.5 Å². The third-order valence-electron chi connectivity index (χ3n) is 6.36. The van der Waals surface area contributed by atoms with Crippen LogP contribution in [-0.4, -0.2) is 58.2 Å². The van der Waals surface area contributed by atoms with E-state index in [1.807, 2.05) is 50.2 Å². The van der Waals surface area contributed by atoms with Crippen molar-refractivity contribution in [3.05, 3.63) is 72.1 Å². The second kappa shape index (κ2) is 8.83. The number of anilines is 1. The van der Waals surface area contributed by atoms with Gasteiger partial charge in [-0.15, -0.1) is 0 Å². The summed E-state index contributed by atoms with van der Waals surface area (Å²) in [6.07, 6.45) is 1.40. The Bertz CT molecular complexity index is 1420. The van der Waals surface area contributed by atoms with Crippen LogP contribution in [0.4, 0.5) is 5.82 Å². The number of piperidine rings is 1. The van der Waals surface area contributed by atoms with E-state index in [0.717, 1.165) is 33.3 Å². The number of β-amino-alcohol motifs (C(OH)–C–C–N with tert-alkyl or cyclic N) is 1. The molecule has 1 fully saturated rings. The summed E-state index contributed by atoms with van der Waals surface area (Å²) in [7, 11) is -3.71. The SMILES string of the molecule is Cc1ccc(N[C@@H]2CCN(S(=O)(=O)c3ccc(-c4ccc5n[nH]c(C)c5c4)cc3)C[C@@H]2O)nc1. The van der Waals surface area contributed by atoms with Crippen LogP contribution in [-0.2, 0) is 10.0 Å². The molecule has 1 aliphatic rings. The highest BCUT2D eigenvalue weighted by molar-refractivity contribution is 7.89. The monoisotopic (exact) mass is 477 g/mol. The molecule has 2 aromatic carbocycles. The molecule has 3 heterocycles. The number of aromatic nitrogens is 3. The van der Waals surface area contributed by atoms with Gasteiger partial charge in [-0.1, -0.05) is 24.3 Å². The molecule has 0 amide bonds. The maximum atomic E-state index is 13.2. The maximum Gasteiger partial charge on any atom is 0.243 e. The fraction of sp³-hybridized carbons (Fsp3) is 0.280. The predicted molar refractivity (Wildman–Crippen MR) is 132 cm³/mol. The average Bonchev–Trinajstić information content (AvgIpc) is 3.22. The Kier molecular flexibility index (Phi) is 5.85. The Hall–Kier alpha value is -3.27. The summed E-state index contributed by atoms with van der Waals surface area (Å²) in [5, 5.41) is 22.1. The Balaban J connectivity index is 1.29. The molecule has 2 aromatic heterocycles. The normalized spacial score (nSPS) is 19.4. The highest BCUT2D eigenvalue weighted by Crippen LogP contribution is 2.28. The van der Waals surface area contributed by atoms with Gasteiger partial charge in [0.2, 0.25) is 10.0 Å². The molecular formula is C25H27N5O3S. The summed E-state index contributed by atoms with van der Waals surface area (Å²) in [6, 6.07) is 16.4. The number of aryl methyl sites for hydroxylation is 2. The molecule has 34 heavy (non-hydrogen) atoms. The molecule has 0 bridgehead atoms. The largest absolute Gasteiger partial charge is 0.390 e. The van der Waals surface area contributed by atoms with Crippen molar-refractivity contribution in [3.8, 4) is 11.1 Å². The zero-order valence-corrected chi connectivity index (χ0v) is 19.9. The van der Waals surface area contributed by atoms with Gasteiger partial charge in [-0.25, -0.2) is 13.4 Å². The van der Waals surface area contributed by atoms with E-state index < -0.39 is 16.1 Å². The zero-order chi connectivity index (χ0) is 23.9. The van der Waals surface area contributed by atoms with Gasteiger partial charge in [-0.3, -0.25) is 5.10 Å². The van der Waals surface area contributed by atoms with Crippen LogP contribution in [0.25, 0.3) is 22.0 Å². The molecule has 3 N–H and O–H groups in total. The molecule has 4 aromatic rings. The van der Waals surface area contributed by atoms with Crippen LogP contribution in [0, 0.1) is 13.8 Å². The first-order valence-electron chi connectivity index (χ1n) is 11.2. The molecule has 9 heteroatoms.